The van der Waals surface area contributed by atoms with Gasteiger partial charge in [0, 0.05) is 23.4 Å². The van der Waals surface area contributed by atoms with Crippen molar-refractivity contribution in [1.29, 1.82) is 0 Å². The first-order valence-corrected chi connectivity index (χ1v) is 19.2. The van der Waals surface area contributed by atoms with Gasteiger partial charge in [0.2, 0.25) is 0 Å². The number of carbonyl (C=O) groups is 1. The van der Waals surface area contributed by atoms with Crippen LogP contribution in [0.1, 0.15) is 129 Å². The minimum absolute atomic E-state index is 0.0838. The lowest BCUT2D eigenvalue weighted by molar-refractivity contribution is -0.153. The smallest absolute Gasteiger partial charge is 0.344 e. The Balaban J connectivity index is 0.953. The van der Waals surface area contributed by atoms with Gasteiger partial charge in [0.1, 0.15) is 17.4 Å². The molecule has 256 valence electrons. The maximum atomic E-state index is 13.0. The Morgan fingerprint density at radius 2 is 1.79 bits per heavy atom. The highest BCUT2D eigenvalue weighted by molar-refractivity contribution is 5.83. The van der Waals surface area contributed by atoms with Gasteiger partial charge in [-0.05, 0) is 135 Å². The quantitative estimate of drug-likeness (QED) is 0.155. The number of aryl methyl sites for hydroxylation is 1. The van der Waals surface area contributed by atoms with Crippen LogP contribution in [0.4, 0.5) is 0 Å². The molecule has 3 fully saturated rings. The zero-order chi connectivity index (χ0) is 32.9. The van der Waals surface area contributed by atoms with Crippen LogP contribution in [0.5, 0.6) is 5.75 Å². The molecule has 1 aromatic carbocycles. The Labute approximate surface area is 282 Å². The standard InChI is InChI=1S/C42H58O5/c1-26(2)9-8-10-27(3)35-17-18-36-34-15-13-28-23-30(19-21-41(28,4)37(34)20-22-42(35,36)5)46-39(43)25-45-29-14-16-32-31-11-6-7-12-33(31)40(44)47-38(32)24-29/h13-14,16,24,26-27,30,34-37H,6-12,15,17-23,25H2,1-5H3/t27-,30+,34-,35+,36+,37-,41+,42-/m1/s1. The summed E-state index contributed by atoms with van der Waals surface area (Å²) >= 11 is 0. The van der Waals surface area contributed by atoms with Crippen LogP contribution in [0.3, 0.4) is 0 Å². The van der Waals surface area contributed by atoms with Crippen molar-refractivity contribution in [3.63, 3.8) is 0 Å². The fourth-order valence-corrected chi connectivity index (χ4v) is 11.6. The first-order valence-electron chi connectivity index (χ1n) is 19.2. The minimum atomic E-state index is -0.326. The van der Waals surface area contributed by atoms with Crippen LogP contribution >= 0.6 is 0 Å². The van der Waals surface area contributed by atoms with Gasteiger partial charge in [-0.3, -0.25) is 0 Å². The summed E-state index contributed by atoms with van der Waals surface area (Å²) in [4.78, 5) is 25.5. The predicted molar refractivity (Wildman–Crippen MR) is 188 cm³/mol. The molecule has 8 atom stereocenters. The highest BCUT2D eigenvalue weighted by atomic mass is 16.6. The van der Waals surface area contributed by atoms with Gasteiger partial charge in [0.15, 0.2) is 6.61 Å². The number of rotatable bonds is 9. The molecule has 0 amide bonds. The summed E-state index contributed by atoms with van der Waals surface area (Å²) in [6.07, 6.45) is 20.1. The van der Waals surface area contributed by atoms with E-state index in [0.29, 0.717) is 16.7 Å². The molecule has 7 rings (SSSR count). The lowest BCUT2D eigenvalue weighted by Crippen LogP contribution is -2.51. The number of hydrogen-bond acceptors (Lipinski definition) is 5. The fraction of sp³-hybridized carbons (Fsp3) is 0.714. The van der Waals surface area contributed by atoms with Gasteiger partial charge in [0.25, 0.3) is 0 Å². The molecule has 5 nitrogen and oxygen atoms in total. The molecular weight excluding hydrogens is 584 g/mol. The van der Waals surface area contributed by atoms with Gasteiger partial charge in [-0.2, -0.15) is 0 Å². The maximum absolute atomic E-state index is 13.0. The Morgan fingerprint density at radius 3 is 2.60 bits per heavy atom. The average Bonchev–Trinajstić information content (AvgIpc) is 3.41. The van der Waals surface area contributed by atoms with Gasteiger partial charge >= 0.3 is 11.6 Å². The number of benzene rings is 1. The second-order valence-corrected chi connectivity index (χ2v) is 17.1. The van der Waals surface area contributed by atoms with E-state index in [-0.39, 0.29) is 29.7 Å². The van der Waals surface area contributed by atoms with Crippen molar-refractivity contribution in [2.45, 2.75) is 137 Å². The van der Waals surface area contributed by atoms with E-state index in [2.05, 4.69) is 40.7 Å². The predicted octanol–water partition coefficient (Wildman–Crippen LogP) is 10.0. The summed E-state index contributed by atoms with van der Waals surface area (Å²) in [5, 5.41) is 0.976. The summed E-state index contributed by atoms with van der Waals surface area (Å²) in [5.41, 5.74) is 4.49. The highest BCUT2D eigenvalue weighted by Crippen LogP contribution is 2.67. The Kier molecular flexibility index (Phi) is 9.15. The van der Waals surface area contributed by atoms with Gasteiger partial charge in [-0.25, -0.2) is 9.59 Å². The average molecular weight is 643 g/mol. The summed E-state index contributed by atoms with van der Waals surface area (Å²) in [6, 6.07) is 5.57. The van der Waals surface area contributed by atoms with E-state index in [4.69, 9.17) is 13.9 Å². The topological polar surface area (TPSA) is 65.7 Å². The molecular formula is C42H58O5. The number of carbonyl (C=O) groups excluding carboxylic acids is 1. The number of hydrogen-bond donors (Lipinski definition) is 0. The van der Waals surface area contributed by atoms with Crippen LogP contribution in [0.2, 0.25) is 0 Å². The molecule has 2 aromatic rings. The van der Waals surface area contributed by atoms with E-state index in [1.165, 1.54) is 56.9 Å². The number of fused-ring (bicyclic) bond motifs is 8. The van der Waals surface area contributed by atoms with Gasteiger partial charge in [-0.15, -0.1) is 0 Å². The summed E-state index contributed by atoms with van der Waals surface area (Å²) in [6.45, 7) is 12.3. The molecule has 47 heavy (non-hydrogen) atoms. The third kappa shape index (κ3) is 6.12. The van der Waals surface area contributed by atoms with Crippen molar-refractivity contribution >= 4 is 16.9 Å². The van der Waals surface area contributed by atoms with Crippen molar-refractivity contribution in [2.75, 3.05) is 6.61 Å². The molecule has 1 aromatic heterocycles. The Morgan fingerprint density at radius 1 is 0.979 bits per heavy atom. The Hall–Kier alpha value is -2.56. The monoisotopic (exact) mass is 642 g/mol. The van der Waals surface area contributed by atoms with Crippen LogP contribution in [-0.4, -0.2) is 18.7 Å². The first-order chi connectivity index (χ1) is 22.6. The molecule has 0 N–H and O–H groups in total. The highest BCUT2D eigenvalue weighted by Gasteiger charge is 2.59. The second-order valence-electron chi connectivity index (χ2n) is 17.1. The molecule has 5 aliphatic carbocycles. The fourth-order valence-electron chi connectivity index (χ4n) is 11.6. The molecule has 0 spiro atoms. The van der Waals surface area contributed by atoms with E-state index >= 15 is 0 Å². The number of ether oxygens (including phenoxy) is 2. The van der Waals surface area contributed by atoms with Crippen molar-refractivity contribution in [3.8, 4) is 5.75 Å². The van der Waals surface area contributed by atoms with Crippen LogP contribution in [0, 0.1) is 46.3 Å². The lowest BCUT2D eigenvalue weighted by atomic mass is 9.47. The summed E-state index contributed by atoms with van der Waals surface area (Å²) in [7, 11) is 0. The second kappa shape index (κ2) is 13.0. The minimum Gasteiger partial charge on any atom is -0.482 e. The molecule has 1 heterocycles. The van der Waals surface area contributed by atoms with Crippen LogP contribution in [0.15, 0.2) is 39.1 Å². The molecule has 0 bridgehead atoms. The SMILES string of the molecule is CC(C)CCC[C@@H](C)[C@@H]1CC[C@H]2[C@H]3CC=C4C[C@@H](OC(=O)COc5ccc6c7c(c(=O)oc6c5)CCCC7)CC[C@]4(C)[C@@H]3CC[C@@]21C. The zero-order valence-electron chi connectivity index (χ0n) is 29.7. The Bertz CT molecular complexity index is 1570. The third-order valence-corrected chi connectivity index (χ3v) is 14.1. The van der Waals surface area contributed by atoms with Crippen LogP contribution in [-0.2, 0) is 22.4 Å². The van der Waals surface area contributed by atoms with Crippen LogP contribution < -0.4 is 10.4 Å². The molecule has 0 unspecified atom stereocenters. The van der Waals surface area contributed by atoms with Crippen molar-refractivity contribution < 1.29 is 18.7 Å². The van der Waals surface area contributed by atoms with E-state index in [0.717, 1.165) is 97.0 Å². The van der Waals surface area contributed by atoms with E-state index in [1.807, 2.05) is 12.1 Å². The van der Waals surface area contributed by atoms with E-state index < -0.39 is 0 Å². The molecule has 0 aliphatic heterocycles. The van der Waals surface area contributed by atoms with Gasteiger partial charge in [-0.1, -0.05) is 65.5 Å². The van der Waals surface area contributed by atoms with Gasteiger partial charge < -0.3 is 13.9 Å². The molecule has 3 saturated carbocycles. The summed E-state index contributed by atoms with van der Waals surface area (Å²) < 4.78 is 17.5. The largest absolute Gasteiger partial charge is 0.482 e. The maximum Gasteiger partial charge on any atom is 0.344 e. The lowest BCUT2D eigenvalue weighted by Gasteiger charge is -2.58. The van der Waals surface area contributed by atoms with Crippen LogP contribution in [0.25, 0.3) is 11.0 Å². The summed E-state index contributed by atoms with van der Waals surface area (Å²) in [5.74, 6) is 5.15. The number of allylic oxidation sites excluding steroid dienone is 1. The molecule has 5 aliphatic rings. The van der Waals surface area contributed by atoms with Crippen molar-refractivity contribution in [3.05, 3.63) is 51.4 Å². The molecule has 0 radical (unpaired) electrons. The van der Waals surface area contributed by atoms with Gasteiger partial charge in [0.05, 0.1) is 0 Å². The third-order valence-electron chi connectivity index (χ3n) is 14.1. The zero-order valence-corrected chi connectivity index (χ0v) is 29.7. The van der Waals surface area contributed by atoms with E-state index in [1.54, 1.807) is 6.07 Å². The molecule has 0 saturated heterocycles. The van der Waals surface area contributed by atoms with E-state index in [9.17, 15) is 9.59 Å². The van der Waals surface area contributed by atoms with Crippen molar-refractivity contribution in [1.82, 2.24) is 0 Å². The normalized spacial score (nSPS) is 33.7. The number of esters is 1. The van der Waals surface area contributed by atoms with Crippen molar-refractivity contribution in [2.24, 2.45) is 46.3 Å². The molecule has 5 heteroatoms. The first kappa shape index (κ1) is 33.0.